The fourth-order valence-corrected chi connectivity index (χ4v) is 3.81. The van der Waals surface area contributed by atoms with Crippen LogP contribution >= 0.6 is 0 Å². The number of halogens is 1. The Hall–Kier alpha value is -2.05. The summed E-state index contributed by atoms with van der Waals surface area (Å²) in [5, 5.41) is 5.75. The zero-order valence-corrected chi connectivity index (χ0v) is 16.3. The SMILES string of the molecule is CC(C)CC(C)(CN1CCCCO1)NC(=O)c1cnc2c(F)cccc2c1. The molecule has 0 radical (unpaired) electrons. The molecule has 27 heavy (non-hydrogen) atoms. The molecule has 1 aliphatic heterocycles. The van der Waals surface area contributed by atoms with Crippen LogP contribution in [0.4, 0.5) is 4.39 Å². The molecule has 1 aromatic carbocycles. The molecule has 6 heteroatoms. The molecule has 146 valence electrons. The van der Waals surface area contributed by atoms with Gasteiger partial charge in [-0.15, -0.1) is 0 Å². The largest absolute Gasteiger partial charge is 0.345 e. The van der Waals surface area contributed by atoms with E-state index in [1.807, 2.05) is 5.06 Å². The molecule has 1 saturated heterocycles. The number of nitrogens with zero attached hydrogens (tertiary/aromatic N) is 2. The monoisotopic (exact) mass is 373 g/mol. The van der Waals surface area contributed by atoms with Crippen molar-refractivity contribution in [1.82, 2.24) is 15.4 Å². The Bertz CT molecular complexity index is 805. The topological polar surface area (TPSA) is 54.5 Å². The number of benzene rings is 1. The van der Waals surface area contributed by atoms with Gasteiger partial charge in [0.1, 0.15) is 11.3 Å². The molecule has 0 aliphatic carbocycles. The minimum atomic E-state index is -0.431. The maximum Gasteiger partial charge on any atom is 0.253 e. The third-order valence-electron chi connectivity index (χ3n) is 4.80. The number of hydroxylamine groups is 2. The summed E-state index contributed by atoms with van der Waals surface area (Å²) in [6.45, 7) is 8.57. The zero-order valence-electron chi connectivity index (χ0n) is 16.3. The highest BCUT2D eigenvalue weighted by Crippen LogP contribution is 2.22. The van der Waals surface area contributed by atoms with Crippen LogP contribution in [-0.2, 0) is 4.84 Å². The van der Waals surface area contributed by atoms with E-state index in [0.717, 1.165) is 32.4 Å². The molecule has 0 spiro atoms. The molecule has 3 rings (SSSR count). The quantitative estimate of drug-likeness (QED) is 0.833. The lowest BCUT2D eigenvalue weighted by Gasteiger charge is -2.38. The smallest absolute Gasteiger partial charge is 0.253 e. The van der Waals surface area contributed by atoms with E-state index in [1.54, 1.807) is 18.2 Å². The van der Waals surface area contributed by atoms with Crippen LogP contribution < -0.4 is 5.32 Å². The second-order valence-electron chi connectivity index (χ2n) is 8.05. The first-order valence-corrected chi connectivity index (χ1v) is 9.61. The summed E-state index contributed by atoms with van der Waals surface area (Å²) in [5.41, 5.74) is 0.280. The van der Waals surface area contributed by atoms with Gasteiger partial charge in [-0.2, -0.15) is 5.06 Å². The average molecular weight is 373 g/mol. The van der Waals surface area contributed by atoms with Crippen molar-refractivity contribution in [3.63, 3.8) is 0 Å². The molecule has 1 fully saturated rings. The van der Waals surface area contributed by atoms with E-state index in [4.69, 9.17) is 4.84 Å². The van der Waals surface area contributed by atoms with E-state index in [1.165, 1.54) is 12.3 Å². The minimum absolute atomic E-state index is 0.200. The number of hydrogen-bond donors (Lipinski definition) is 1. The van der Waals surface area contributed by atoms with Crippen molar-refractivity contribution in [2.24, 2.45) is 5.92 Å². The molecule has 2 aromatic rings. The number of carbonyl (C=O) groups excluding carboxylic acids is 1. The molecule has 1 unspecified atom stereocenters. The van der Waals surface area contributed by atoms with Gasteiger partial charge >= 0.3 is 0 Å². The zero-order chi connectivity index (χ0) is 19.4. The van der Waals surface area contributed by atoms with E-state index in [0.29, 0.717) is 23.4 Å². The Morgan fingerprint density at radius 1 is 1.41 bits per heavy atom. The third-order valence-corrected chi connectivity index (χ3v) is 4.80. The van der Waals surface area contributed by atoms with Crippen molar-refractivity contribution in [2.75, 3.05) is 19.7 Å². The molecule has 1 aliphatic rings. The Labute approximate surface area is 159 Å². The van der Waals surface area contributed by atoms with E-state index >= 15 is 0 Å². The van der Waals surface area contributed by atoms with Gasteiger partial charge in [-0.05, 0) is 44.2 Å². The van der Waals surface area contributed by atoms with Gasteiger partial charge < -0.3 is 5.32 Å². The van der Waals surface area contributed by atoms with Gasteiger partial charge in [0.15, 0.2) is 0 Å². The normalized spacial score (nSPS) is 17.8. The number of fused-ring (bicyclic) bond motifs is 1. The van der Waals surface area contributed by atoms with Crippen molar-refractivity contribution in [1.29, 1.82) is 0 Å². The van der Waals surface area contributed by atoms with Crippen LogP contribution in [-0.4, -0.2) is 41.2 Å². The number of rotatable bonds is 6. The fraction of sp³-hybridized carbons (Fsp3) is 0.524. The van der Waals surface area contributed by atoms with Crippen LogP contribution in [0.2, 0.25) is 0 Å². The van der Waals surface area contributed by atoms with Crippen LogP contribution in [0.25, 0.3) is 10.9 Å². The van der Waals surface area contributed by atoms with Gasteiger partial charge in [-0.3, -0.25) is 14.6 Å². The summed E-state index contributed by atoms with van der Waals surface area (Å²) in [5.74, 6) is -0.163. The number of aromatic nitrogens is 1. The Balaban J connectivity index is 1.78. The van der Waals surface area contributed by atoms with Gasteiger partial charge in [0.05, 0.1) is 17.7 Å². The summed E-state index contributed by atoms with van der Waals surface area (Å²) in [6, 6.07) is 6.44. The molecule has 1 N–H and O–H groups in total. The summed E-state index contributed by atoms with van der Waals surface area (Å²) in [7, 11) is 0. The van der Waals surface area contributed by atoms with E-state index in [2.05, 4.69) is 31.1 Å². The highest BCUT2D eigenvalue weighted by atomic mass is 19.1. The number of hydrogen-bond acceptors (Lipinski definition) is 4. The van der Waals surface area contributed by atoms with Crippen LogP contribution in [0, 0.1) is 11.7 Å². The molecular weight excluding hydrogens is 345 g/mol. The van der Waals surface area contributed by atoms with Crippen molar-refractivity contribution in [3.8, 4) is 0 Å². The highest BCUT2D eigenvalue weighted by Gasteiger charge is 2.31. The molecular formula is C21H28FN3O2. The summed E-state index contributed by atoms with van der Waals surface area (Å²) in [4.78, 5) is 22.8. The van der Waals surface area contributed by atoms with Crippen LogP contribution in [0.15, 0.2) is 30.5 Å². The van der Waals surface area contributed by atoms with Gasteiger partial charge in [0.2, 0.25) is 0 Å². The first-order chi connectivity index (χ1) is 12.9. The number of carbonyl (C=O) groups is 1. The van der Waals surface area contributed by atoms with Crippen molar-refractivity contribution in [2.45, 2.75) is 45.6 Å². The van der Waals surface area contributed by atoms with Gasteiger partial charge in [-0.25, -0.2) is 4.39 Å². The highest BCUT2D eigenvalue weighted by molar-refractivity contribution is 5.97. The predicted molar refractivity (Wildman–Crippen MR) is 104 cm³/mol. The molecule has 1 atom stereocenters. The number of amides is 1. The second-order valence-corrected chi connectivity index (χ2v) is 8.05. The molecule has 0 bridgehead atoms. The Morgan fingerprint density at radius 3 is 2.93 bits per heavy atom. The van der Waals surface area contributed by atoms with Crippen LogP contribution in [0.3, 0.4) is 0 Å². The number of pyridine rings is 1. The minimum Gasteiger partial charge on any atom is -0.345 e. The molecule has 1 amide bonds. The lowest BCUT2D eigenvalue weighted by Crippen LogP contribution is -2.55. The molecule has 2 heterocycles. The lowest BCUT2D eigenvalue weighted by molar-refractivity contribution is -0.190. The maximum absolute atomic E-state index is 13.8. The van der Waals surface area contributed by atoms with E-state index < -0.39 is 5.54 Å². The lowest BCUT2D eigenvalue weighted by atomic mass is 9.90. The maximum atomic E-state index is 13.8. The van der Waals surface area contributed by atoms with E-state index in [-0.39, 0.29) is 17.2 Å². The Morgan fingerprint density at radius 2 is 2.22 bits per heavy atom. The second kappa shape index (κ2) is 8.31. The van der Waals surface area contributed by atoms with Gasteiger partial charge in [-0.1, -0.05) is 26.0 Å². The number of nitrogens with one attached hydrogen (secondary N) is 1. The summed E-state index contributed by atoms with van der Waals surface area (Å²) in [6.07, 6.45) is 4.44. The van der Waals surface area contributed by atoms with Gasteiger partial charge in [0, 0.05) is 24.7 Å². The van der Waals surface area contributed by atoms with Crippen molar-refractivity contribution < 1.29 is 14.0 Å². The molecule has 5 nitrogen and oxygen atoms in total. The van der Waals surface area contributed by atoms with Crippen molar-refractivity contribution >= 4 is 16.8 Å². The summed E-state index contributed by atoms with van der Waals surface area (Å²) >= 11 is 0. The molecule has 1 aromatic heterocycles. The fourth-order valence-electron chi connectivity index (χ4n) is 3.81. The standard InChI is InChI=1S/C21H28FN3O2/c1-15(2)12-21(3,14-25-9-4-5-10-27-25)24-20(26)17-11-16-7-6-8-18(22)19(16)23-13-17/h6-8,11,13,15H,4-5,9-10,12,14H2,1-3H3,(H,24,26). The van der Waals surface area contributed by atoms with E-state index in [9.17, 15) is 9.18 Å². The predicted octanol–water partition coefficient (Wildman–Crippen LogP) is 3.94. The summed E-state index contributed by atoms with van der Waals surface area (Å²) < 4.78 is 13.8. The number of para-hydroxylation sites is 1. The molecule has 0 saturated carbocycles. The van der Waals surface area contributed by atoms with Crippen LogP contribution in [0.5, 0.6) is 0 Å². The average Bonchev–Trinajstić information content (AvgIpc) is 2.61. The Kier molecular flexibility index (Phi) is 6.07. The first-order valence-electron chi connectivity index (χ1n) is 9.61. The van der Waals surface area contributed by atoms with Gasteiger partial charge in [0.25, 0.3) is 5.91 Å². The van der Waals surface area contributed by atoms with Crippen molar-refractivity contribution in [3.05, 3.63) is 41.8 Å². The van der Waals surface area contributed by atoms with Crippen LogP contribution in [0.1, 0.15) is 50.4 Å². The first kappa shape index (κ1) is 19.7. The third kappa shape index (κ3) is 5.02.